The van der Waals surface area contributed by atoms with Gasteiger partial charge >= 0.3 is 0 Å². The van der Waals surface area contributed by atoms with Crippen molar-refractivity contribution in [1.82, 2.24) is 9.71 Å². The van der Waals surface area contributed by atoms with E-state index in [0.29, 0.717) is 5.69 Å². The first-order valence-corrected chi connectivity index (χ1v) is 14.2. The van der Waals surface area contributed by atoms with Gasteiger partial charge in [0.1, 0.15) is 0 Å². The van der Waals surface area contributed by atoms with Gasteiger partial charge in [0.25, 0.3) is 15.9 Å². The molecule has 0 aliphatic heterocycles. The smallest absolute Gasteiger partial charge is 0.267 e. The maximum Gasteiger partial charge on any atom is 0.267 e. The number of hydrogen-bond donors (Lipinski definition) is 3. The first-order chi connectivity index (χ1) is 17.1. The number of ether oxygens (including phenoxy) is 1. The number of rotatable bonds is 8. The number of sulfonamides is 2. The van der Waals surface area contributed by atoms with Gasteiger partial charge in [0.05, 0.1) is 29.6 Å². The van der Waals surface area contributed by atoms with E-state index in [1.807, 2.05) is 6.07 Å². The Morgan fingerprint density at radius 3 is 2.05 bits per heavy atom. The summed E-state index contributed by atoms with van der Waals surface area (Å²) in [5.41, 5.74) is 1.53. The van der Waals surface area contributed by atoms with Crippen LogP contribution < -0.4 is 19.5 Å². The Kier molecular flexibility index (Phi) is 7.96. The Bertz CT molecular complexity index is 1510. The Morgan fingerprint density at radius 1 is 0.919 bits per heavy atom. The number of pyridine rings is 1. The van der Waals surface area contributed by atoms with Gasteiger partial charge in [-0.15, -0.1) is 0 Å². The summed E-state index contributed by atoms with van der Waals surface area (Å²) in [6.07, 6.45) is 1.26. The Morgan fingerprint density at radius 2 is 1.51 bits per heavy atom. The molecular formula is C25H30N4O6S2. The second kappa shape index (κ2) is 10.5. The van der Waals surface area contributed by atoms with Crippen LogP contribution in [0.3, 0.4) is 0 Å². The van der Waals surface area contributed by atoms with Crippen LogP contribution in [0.4, 0.5) is 11.4 Å². The predicted octanol–water partition coefficient (Wildman–Crippen LogP) is 3.84. The second-order valence-corrected chi connectivity index (χ2v) is 12.8. The van der Waals surface area contributed by atoms with Gasteiger partial charge in [0.15, 0.2) is 4.90 Å². The molecule has 3 aromatic rings. The zero-order chi connectivity index (χ0) is 27.6. The largest absolute Gasteiger partial charge is 0.480 e. The maximum atomic E-state index is 13.2. The normalized spacial score (nSPS) is 12.2. The molecule has 1 heterocycles. The number of benzene rings is 2. The zero-order valence-corrected chi connectivity index (χ0v) is 23.0. The van der Waals surface area contributed by atoms with Crippen molar-refractivity contribution in [3.05, 3.63) is 71.4 Å². The summed E-state index contributed by atoms with van der Waals surface area (Å²) in [7, 11) is -6.59. The number of carbonyl (C=O) groups is 1. The summed E-state index contributed by atoms with van der Waals surface area (Å²) in [4.78, 5) is 16.6. The number of anilines is 2. The highest BCUT2D eigenvalue weighted by atomic mass is 32.2. The summed E-state index contributed by atoms with van der Waals surface area (Å²) in [5.74, 6) is -0.719. The molecule has 0 aliphatic rings. The molecule has 198 valence electrons. The molecule has 10 nitrogen and oxygen atoms in total. The minimum absolute atomic E-state index is 0.0102. The van der Waals surface area contributed by atoms with Crippen molar-refractivity contribution in [2.75, 3.05) is 17.1 Å². The maximum absolute atomic E-state index is 13.2. The number of carbonyl (C=O) groups excluding carboxylic acids is 1. The van der Waals surface area contributed by atoms with E-state index in [-0.39, 0.29) is 26.9 Å². The highest BCUT2D eigenvalue weighted by Gasteiger charge is 2.24. The molecule has 0 bridgehead atoms. The van der Waals surface area contributed by atoms with Crippen molar-refractivity contribution in [3.63, 3.8) is 0 Å². The summed E-state index contributed by atoms with van der Waals surface area (Å²) >= 11 is 0. The summed E-state index contributed by atoms with van der Waals surface area (Å²) < 4.78 is 61.7. The van der Waals surface area contributed by atoms with Crippen molar-refractivity contribution in [2.45, 2.75) is 49.9 Å². The number of nitrogens with one attached hydrogen (secondary N) is 3. The van der Waals surface area contributed by atoms with Gasteiger partial charge in [-0.2, -0.15) is 0 Å². The number of aromatic nitrogens is 1. The monoisotopic (exact) mass is 546 g/mol. The molecule has 3 rings (SSSR count). The van der Waals surface area contributed by atoms with Gasteiger partial charge in [0.2, 0.25) is 15.9 Å². The second-order valence-electron chi connectivity index (χ2n) is 9.44. The van der Waals surface area contributed by atoms with Gasteiger partial charge in [-0.05, 0) is 76.1 Å². The van der Waals surface area contributed by atoms with Gasteiger partial charge in [0, 0.05) is 11.1 Å². The number of para-hydroxylation sites is 1. The standard InChI is InChI=1S/C25H30N4O6S2/c1-16-8-7-9-17(2)22(16)28-37(33,34)21-14-19(15-26-24(21)35-6)27-23(30)18-10-12-20(13-11-18)36(31,32)29-25(3,4)5/h7-15,28-29H,1-6H3,(H,27,30). The number of aryl methyl sites for hydroxylation is 2. The van der Waals surface area contributed by atoms with Crippen LogP contribution in [0, 0.1) is 13.8 Å². The fourth-order valence-electron chi connectivity index (χ4n) is 3.46. The van der Waals surface area contributed by atoms with Crippen LogP contribution in [-0.2, 0) is 20.0 Å². The molecule has 0 atom stereocenters. The molecule has 37 heavy (non-hydrogen) atoms. The number of amides is 1. The van der Waals surface area contributed by atoms with E-state index in [1.54, 1.807) is 46.8 Å². The molecule has 0 fully saturated rings. The molecule has 0 unspecified atom stereocenters. The lowest BCUT2D eigenvalue weighted by atomic mass is 10.1. The fourth-order valence-corrected chi connectivity index (χ4v) is 6.23. The minimum atomic E-state index is -4.12. The molecule has 0 radical (unpaired) electrons. The number of methoxy groups -OCH3 is 1. The molecule has 2 aromatic carbocycles. The van der Waals surface area contributed by atoms with Gasteiger partial charge in [-0.3, -0.25) is 9.52 Å². The zero-order valence-electron chi connectivity index (χ0n) is 21.4. The highest BCUT2D eigenvalue weighted by Crippen LogP contribution is 2.29. The van der Waals surface area contributed by atoms with Crippen LogP contribution in [0.15, 0.2) is 64.5 Å². The Hall–Kier alpha value is -3.48. The molecule has 1 amide bonds. The number of hydrogen-bond acceptors (Lipinski definition) is 7. The summed E-state index contributed by atoms with van der Waals surface area (Å²) in [6, 6.07) is 12.0. The Labute approximate surface area is 217 Å². The SMILES string of the molecule is COc1ncc(NC(=O)c2ccc(S(=O)(=O)NC(C)(C)C)cc2)cc1S(=O)(=O)Nc1c(C)cccc1C. The van der Waals surface area contributed by atoms with Crippen LogP contribution in [-0.4, -0.2) is 40.4 Å². The molecule has 0 spiro atoms. The van der Waals surface area contributed by atoms with Crippen molar-refractivity contribution in [2.24, 2.45) is 0 Å². The molecule has 3 N–H and O–H groups in total. The average molecular weight is 547 g/mol. The lowest BCUT2D eigenvalue weighted by Gasteiger charge is -2.20. The third-order valence-corrected chi connectivity index (χ3v) is 8.26. The van der Waals surface area contributed by atoms with Gasteiger partial charge in [-0.25, -0.2) is 26.5 Å². The third-order valence-electron chi connectivity index (χ3n) is 5.14. The van der Waals surface area contributed by atoms with E-state index in [1.165, 1.54) is 43.6 Å². The van der Waals surface area contributed by atoms with E-state index in [9.17, 15) is 21.6 Å². The van der Waals surface area contributed by atoms with E-state index >= 15 is 0 Å². The third kappa shape index (κ3) is 6.85. The molecule has 1 aromatic heterocycles. The topological polar surface area (TPSA) is 144 Å². The lowest BCUT2D eigenvalue weighted by molar-refractivity contribution is 0.102. The van der Waals surface area contributed by atoms with E-state index in [2.05, 4.69) is 19.7 Å². The summed E-state index contributed by atoms with van der Waals surface area (Å²) in [6.45, 7) is 8.74. The first kappa shape index (κ1) is 28.1. The van der Waals surface area contributed by atoms with E-state index < -0.39 is 31.5 Å². The van der Waals surface area contributed by atoms with Crippen molar-refractivity contribution in [3.8, 4) is 5.88 Å². The Balaban J connectivity index is 1.86. The average Bonchev–Trinajstić information content (AvgIpc) is 2.80. The molecule has 0 saturated carbocycles. The van der Waals surface area contributed by atoms with Crippen LogP contribution >= 0.6 is 0 Å². The van der Waals surface area contributed by atoms with Crippen molar-refractivity contribution >= 4 is 37.3 Å². The van der Waals surface area contributed by atoms with Crippen molar-refractivity contribution < 1.29 is 26.4 Å². The first-order valence-electron chi connectivity index (χ1n) is 11.2. The minimum Gasteiger partial charge on any atom is -0.480 e. The van der Waals surface area contributed by atoms with E-state index in [0.717, 1.165) is 11.1 Å². The predicted molar refractivity (Wildman–Crippen MR) is 142 cm³/mol. The molecular weight excluding hydrogens is 516 g/mol. The van der Waals surface area contributed by atoms with Crippen LogP contribution in [0.5, 0.6) is 5.88 Å². The van der Waals surface area contributed by atoms with Crippen LogP contribution in [0.25, 0.3) is 0 Å². The van der Waals surface area contributed by atoms with Gasteiger partial charge in [-0.1, -0.05) is 18.2 Å². The molecule has 12 heteroatoms. The van der Waals surface area contributed by atoms with Crippen LogP contribution in [0.2, 0.25) is 0 Å². The molecule has 0 saturated heterocycles. The van der Waals surface area contributed by atoms with Gasteiger partial charge < -0.3 is 10.1 Å². The van der Waals surface area contributed by atoms with Crippen molar-refractivity contribution in [1.29, 1.82) is 0 Å². The number of nitrogens with zero attached hydrogens (tertiary/aromatic N) is 1. The summed E-state index contributed by atoms with van der Waals surface area (Å²) in [5, 5.41) is 2.59. The van der Waals surface area contributed by atoms with E-state index in [4.69, 9.17) is 4.74 Å². The molecule has 0 aliphatic carbocycles. The quantitative estimate of drug-likeness (QED) is 0.389. The lowest BCUT2D eigenvalue weighted by Crippen LogP contribution is -2.40. The fraction of sp³-hybridized carbons (Fsp3) is 0.280. The van der Waals surface area contributed by atoms with Crippen LogP contribution in [0.1, 0.15) is 42.3 Å². The highest BCUT2D eigenvalue weighted by molar-refractivity contribution is 7.92.